The number of methoxy groups -OCH3 is 1. The molecule has 0 aliphatic heterocycles. The van der Waals surface area contributed by atoms with Gasteiger partial charge in [-0.2, -0.15) is 5.10 Å². The van der Waals surface area contributed by atoms with E-state index in [-0.39, 0.29) is 5.75 Å². The zero-order valence-corrected chi connectivity index (χ0v) is 13.6. The van der Waals surface area contributed by atoms with Gasteiger partial charge < -0.3 is 15.2 Å². The quantitative estimate of drug-likeness (QED) is 0.702. The largest absolute Gasteiger partial charge is 0.504 e. The Morgan fingerprint density at radius 3 is 2.54 bits per heavy atom. The highest BCUT2D eigenvalue weighted by Gasteiger charge is 2.03. The third-order valence-electron chi connectivity index (χ3n) is 3.80. The molecule has 0 unspecified atom stereocenters. The summed E-state index contributed by atoms with van der Waals surface area (Å²) in [5.41, 5.74) is 3.46. The van der Waals surface area contributed by atoms with Crippen molar-refractivity contribution in [2.24, 2.45) is 0 Å². The number of nitrogens with zero attached hydrogens (tertiary/aromatic N) is 2. The lowest BCUT2D eigenvalue weighted by atomic mass is 10.1. The molecule has 3 aromatic rings. The van der Waals surface area contributed by atoms with Crippen molar-refractivity contribution in [2.45, 2.75) is 19.6 Å². The van der Waals surface area contributed by atoms with Gasteiger partial charge in [-0.05, 0) is 34.9 Å². The third-order valence-corrected chi connectivity index (χ3v) is 3.80. The molecule has 0 saturated heterocycles. The topological polar surface area (TPSA) is 59.3 Å². The molecule has 0 atom stereocenters. The molecule has 0 bridgehead atoms. The second kappa shape index (κ2) is 7.66. The average molecular weight is 323 g/mol. The van der Waals surface area contributed by atoms with Crippen LogP contribution in [0.25, 0.3) is 0 Å². The van der Waals surface area contributed by atoms with Gasteiger partial charge >= 0.3 is 0 Å². The lowest BCUT2D eigenvalue weighted by Crippen LogP contribution is -2.13. The molecule has 5 heteroatoms. The van der Waals surface area contributed by atoms with Crippen molar-refractivity contribution in [1.29, 1.82) is 0 Å². The van der Waals surface area contributed by atoms with E-state index in [1.807, 2.05) is 23.0 Å². The van der Waals surface area contributed by atoms with E-state index >= 15 is 0 Å². The second-order valence-corrected chi connectivity index (χ2v) is 5.63. The van der Waals surface area contributed by atoms with Crippen LogP contribution in [0.2, 0.25) is 0 Å². The van der Waals surface area contributed by atoms with Gasteiger partial charge in [0.2, 0.25) is 0 Å². The molecule has 0 radical (unpaired) electrons. The summed E-state index contributed by atoms with van der Waals surface area (Å²) in [4.78, 5) is 0. The molecule has 2 N–H and O–H groups in total. The number of phenols is 1. The first-order valence-corrected chi connectivity index (χ1v) is 7.86. The summed E-state index contributed by atoms with van der Waals surface area (Å²) < 4.78 is 6.96. The summed E-state index contributed by atoms with van der Waals surface area (Å²) >= 11 is 0. The molecule has 0 fully saturated rings. The molecule has 5 nitrogen and oxygen atoms in total. The van der Waals surface area contributed by atoms with Crippen LogP contribution < -0.4 is 10.1 Å². The van der Waals surface area contributed by atoms with Gasteiger partial charge in [0, 0.05) is 25.5 Å². The second-order valence-electron chi connectivity index (χ2n) is 5.63. The fraction of sp³-hybridized carbons (Fsp3) is 0.211. The number of rotatable bonds is 7. The van der Waals surface area contributed by atoms with E-state index in [4.69, 9.17) is 4.74 Å². The minimum absolute atomic E-state index is 0.165. The van der Waals surface area contributed by atoms with Crippen LogP contribution in [0, 0.1) is 0 Å². The summed E-state index contributed by atoms with van der Waals surface area (Å²) in [5.74, 6) is 0.656. The van der Waals surface area contributed by atoms with E-state index in [0.717, 1.165) is 18.7 Å². The molecule has 0 amide bonds. The Balaban J connectivity index is 1.56. The number of aromatic nitrogens is 2. The number of nitrogens with one attached hydrogen (secondary N) is 1. The molecule has 3 rings (SSSR count). The molecule has 2 aromatic carbocycles. The highest BCUT2D eigenvalue weighted by molar-refractivity contribution is 5.41. The molecule has 24 heavy (non-hydrogen) atoms. The van der Waals surface area contributed by atoms with Crippen LogP contribution in [0.4, 0.5) is 0 Å². The molecule has 0 aliphatic rings. The molecule has 1 aromatic heterocycles. The maximum atomic E-state index is 9.81. The molecular weight excluding hydrogens is 302 g/mol. The van der Waals surface area contributed by atoms with Crippen LogP contribution in [0.15, 0.2) is 60.9 Å². The molecule has 0 aliphatic carbocycles. The molecule has 124 valence electrons. The van der Waals surface area contributed by atoms with Crippen LogP contribution >= 0.6 is 0 Å². The van der Waals surface area contributed by atoms with Crippen LogP contribution in [-0.4, -0.2) is 22.0 Å². The van der Waals surface area contributed by atoms with Crippen molar-refractivity contribution < 1.29 is 9.84 Å². The van der Waals surface area contributed by atoms with E-state index in [9.17, 15) is 5.11 Å². The highest BCUT2D eigenvalue weighted by Crippen LogP contribution is 2.26. The summed E-state index contributed by atoms with van der Waals surface area (Å²) in [6.45, 7) is 2.22. The highest BCUT2D eigenvalue weighted by atomic mass is 16.5. The van der Waals surface area contributed by atoms with Crippen molar-refractivity contribution in [3.63, 3.8) is 0 Å². The van der Waals surface area contributed by atoms with E-state index in [2.05, 4.69) is 34.7 Å². The van der Waals surface area contributed by atoms with Gasteiger partial charge in [0.05, 0.1) is 13.7 Å². The van der Waals surface area contributed by atoms with E-state index < -0.39 is 0 Å². The number of hydrogen-bond acceptors (Lipinski definition) is 4. The maximum Gasteiger partial charge on any atom is 0.160 e. The van der Waals surface area contributed by atoms with Gasteiger partial charge in [0.25, 0.3) is 0 Å². The van der Waals surface area contributed by atoms with E-state index in [0.29, 0.717) is 12.3 Å². The van der Waals surface area contributed by atoms with Gasteiger partial charge in [0.15, 0.2) is 11.5 Å². The number of benzene rings is 2. The lowest BCUT2D eigenvalue weighted by molar-refractivity contribution is 0.373. The van der Waals surface area contributed by atoms with Gasteiger partial charge in [-0.3, -0.25) is 4.68 Å². The maximum absolute atomic E-state index is 9.81. The van der Waals surface area contributed by atoms with Crippen molar-refractivity contribution in [3.8, 4) is 11.5 Å². The summed E-state index contributed by atoms with van der Waals surface area (Å²) in [5, 5.41) is 17.4. The predicted octanol–water partition coefficient (Wildman–Crippen LogP) is 2.94. The van der Waals surface area contributed by atoms with Gasteiger partial charge in [-0.25, -0.2) is 0 Å². The lowest BCUT2D eigenvalue weighted by Gasteiger charge is -2.09. The van der Waals surface area contributed by atoms with Crippen LogP contribution in [0.1, 0.15) is 16.7 Å². The summed E-state index contributed by atoms with van der Waals surface area (Å²) in [7, 11) is 1.54. The zero-order chi connectivity index (χ0) is 16.8. The molecular formula is C19H21N3O2. The Bertz CT molecular complexity index is 785. The van der Waals surface area contributed by atoms with Gasteiger partial charge in [0.1, 0.15) is 0 Å². The van der Waals surface area contributed by atoms with Crippen molar-refractivity contribution in [1.82, 2.24) is 15.1 Å². The number of hydrogen-bond donors (Lipinski definition) is 2. The zero-order valence-electron chi connectivity index (χ0n) is 13.6. The van der Waals surface area contributed by atoms with E-state index in [1.54, 1.807) is 25.4 Å². The minimum atomic E-state index is 0.165. The summed E-state index contributed by atoms with van der Waals surface area (Å²) in [6, 6.07) is 15.8. The number of ether oxygens (including phenoxy) is 1. The fourth-order valence-electron chi connectivity index (χ4n) is 2.62. The first-order valence-electron chi connectivity index (χ1n) is 7.86. The Labute approximate surface area is 141 Å². The Morgan fingerprint density at radius 2 is 1.83 bits per heavy atom. The molecule has 0 saturated carbocycles. The van der Waals surface area contributed by atoms with Crippen LogP contribution in [-0.2, 0) is 19.6 Å². The van der Waals surface area contributed by atoms with Gasteiger partial charge in [-0.1, -0.05) is 30.3 Å². The SMILES string of the molecule is COc1ccc(CNCc2cccc(Cn3cccn3)c2)cc1O. The predicted molar refractivity (Wildman–Crippen MR) is 93.0 cm³/mol. The normalized spacial score (nSPS) is 10.7. The van der Waals surface area contributed by atoms with Crippen LogP contribution in [0.5, 0.6) is 11.5 Å². The van der Waals surface area contributed by atoms with E-state index in [1.165, 1.54) is 11.1 Å². The first kappa shape index (κ1) is 16.1. The minimum Gasteiger partial charge on any atom is -0.504 e. The monoisotopic (exact) mass is 323 g/mol. The average Bonchev–Trinajstić information content (AvgIpc) is 3.08. The Morgan fingerprint density at radius 1 is 1.04 bits per heavy atom. The number of phenolic OH excluding ortho intramolecular Hbond substituents is 1. The Kier molecular flexibility index (Phi) is 5.13. The fourth-order valence-corrected chi connectivity index (χ4v) is 2.62. The van der Waals surface area contributed by atoms with Gasteiger partial charge in [-0.15, -0.1) is 0 Å². The number of aromatic hydroxyl groups is 1. The van der Waals surface area contributed by atoms with Crippen LogP contribution in [0.3, 0.4) is 0 Å². The molecule has 1 heterocycles. The smallest absolute Gasteiger partial charge is 0.160 e. The Hall–Kier alpha value is -2.79. The first-order chi connectivity index (χ1) is 11.7. The van der Waals surface area contributed by atoms with Crippen molar-refractivity contribution in [3.05, 3.63) is 77.6 Å². The standard InChI is InChI=1S/C19H21N3O2/c1-24-19-7-6-16(11-18(19)23)13-20-12-15-4-2-5-17(10-15)14-22-9-3-8-21-22/h2-11,20,23H,12-14H2,1H3. The third kappa shape index (κ3) is 4.14. The summed E-state index contributed by atoms with van der Waals surface area (Å²) in [6.07, 6.45) is 3.75. The van der Waals surface area contributed by atoms with Crippen molar-refractivity contribution >= 4 is 0 Å². The van der Waals surface area contributed by atoms with Crippen molar-refractivity contribution in [2.75, 3.05) is 7.11 Å². The molecule has 0 spiro atoms.